The van der Waals surface area contributed by atoms with Crippen LogP contribution in [0.15, 0.2) is 18.2 Å². The molecular weight excluding hydrogens is 243 g/mol. The second-order valence-corrected chi connectivity index (χ2v) is 4.65. The van der Waals surface area contributed by atoms with Gasteiger partial charge in [0, 0.05) is 12.6 Å². The highest BCUT2D eigenvalue weighted by molar-refractivity contribution is 6.42. The second-order valence-electron chi connectivity index (χ2n) is 3.87. The van der Waals surface area contributed by atoms with E-state index in [1.54, 1.807) is 6.07 Å². The molecule has 0 heterocycles. The van der Waals surface area contributed by atoms with Crippen LogP contribution in [0.3, 0.4) is 0 Å². The molecule has 0 saturated heterocycles. The Morgan fingerprint density at radius 1 is 1.38 bits per heavy atom. The Morgan fingerprint density at radius 3 is 2.62 bits per heavy atom. The minimum absolute atomic E-state index is 0.301. The molecular formula is C12H14Cl2N2. The van der Waals surface area contributed by atoms with Crippen molar-refractivity contribution < 1.29 is 0 Å². The minimum Gasteiger partial charge on any atom is -0.284 e. The first-order valence-corrected chi connectivity index (χ1v) is 5.85. The Labute approximate surface area is 106 Å². The Kier molecular flexibility index (Phi) is 5.08. The third kappa shape index (κ3) is 3.38. The van der Waals surface area contributed by atoms with Crippen molar-refractivity contribution in [3.8, 4) is 6.07 Å². The zero-order valence-electron chi connectivity index (χ0n) is 9.37. The molecule has 0 spiro atoms. The Balaban J connectivity index is 2.86. The average molecular weight is 257 g/mol. The summed E-state index contributed by atoms with van der Waals surface area (Å²) in [6.07, 6.45) is 0. The smallest absolute Gasteiger partial charge is 0.0871 e. The van der Waals surface area contributed by atoms with E-state index in [1.165, 1.54) is 0 Å². The van der Waals surface area contributed by atoms with Crippen LogP contribution in [0.5, 0.6) is 0 Å². The SMILES string of the molecule is CC(C)N(CC#N)Cc1cccc(Cl)c1Cl. The molecule has 0 aliphatic carbocycles. The van der Waals surface area contributed by atoms with Gasteiger partial charge in [-0.05, 0) is 25.5 Å². The molecule has 0 fully saturated rings. The van der Waals surface area contributed by atoms with Gasteiger partial charge < -0.3 is 0 Å². The molecule has 1 aromatic carbocycles. The van der Waals surface area contributed by atoms with Crippen molar-refractivity contribution in [3.63, 3.8) is 0 Å². The largest absolute Gasteiger partial charge is 0.284 e. The van der Waals surface area contributed by atoms with Crippen LogP contribution in [-0.2, 0) is 6.54 Å². The van der Waals surface area contributed by atoms with Gasteiger partial charge in [0.2, 0.25) is 0 Å². The van der Waals surface area contributed by atoms with Crippen molar-refractivity contribution in [2.75, 3.05) is 6.54 Å². The molecule has 0 bridgehead atoms. The summed E-state index contributed by atoms with van der Waals surface area (Å²) in [5.74, 6) is 0. The lowest BCUT2D eigenvalue weighted by molar-refractivity contribution is 0.240. The highest BCUT2D eigenvalue weighted by Crippen LogP contribution is 2.26. The van der Waals surface area contributed by atoms with Crippen LogP contribution >= 0.6 is 23.2 Å². The molecule has 0 atom stereocenters. The lowest BCUT2D eigenvalue weighted by Crippen LogP contribution is -2.30. The molecule has 4 heteroatoms. The van der Waals surface area contributed by atoms with Crippen LogP contribution in [0.25, 0.3) is 0 Å². The van der Waals surface area contributed by atoms with E-state index in [4.69, 9.17) is 28.5 Å². The fourth-order valence-electron chi connectivity index (χ4n) is 1.40. The summed E-state index contributed by atoms with van der Waals surface area (Å²) < 4.78 is 0. The molecule has 0 aliphatic heterocycles. The Bertz CT molecular complexity index is 396. The minimum atomic E-state index is 0.301. The number of nitriles is 1. The number of nitrogens with zero attached hydrogens (tertiary/aromatic N) is 2. The number of benzene rings is 1. The van der Waals surface area contributed by atoms with Crippen molar-refractivity contribution in [3.05, 3.63) is 33.8 Å². The van der Waals surface area contributed by atoms with E-state index in [0.29, 0.717) is 29.2 Å². The molecule has 86 valence electrons. The van der Waals surface area contributed by atoms with Gasteiger partial charge in [0.25, 0.3) is 0 Å². The van der Waals surface area contributed by atoms with Crippen molar-refractivity contribution >= 4 is 23.2 Å². The molecule has 0 radical (unpaired) electrons. The first-order chi connectivity index (χ1) is 7.56. The number of halogens is 2. The van der Waals surface area contributed by atoms with Crippen molar-refractivity contribution in [2.45, 2.75) is 26.4 Å². The van der Waals surface area contributed by atoms with Gasteiger partial charge in [0.15, 0.2) is 0 Å². The maximum atomic E-state index is 8.74. The molecule has 1 rings (SSSR count). The standard InChI is InChI=1S/C12H14Cl2N2/c1-9(2)16(7-6-15)8-10-4-3-5-11(13)12(10)14/h3-5,9H,7-8H2,1-2H3. The molecule has 1 aromatic rings. The van der Waals surface area contributed by atoms with Gasteiger partial charge >= 0.3 is 0 Å². The summed E-state index contributed by atoms with van der Waals surface area (Å²) in [7, 11) is 0. The predicted molar refractivity (Wildman–Crippen MR) is 67.6 cm³/mol. The second kappa shape index (κ2) is 6.10. The topological polar surface area (TPSA) is 27.0 Å². The van der Waals surface area contributed by atoms with E-state index in [2.05, 4.69) is 19.9 Å². The summed E-state index contributed by atoms with van der Waals surface area (Å²) in [5, 5.41) is 9.87. The molecule has 16 heavy (non-hydrogen) atoms. The molecule has 0 N–H and O–H groups in total. The number of rotatable bonds is 4. The highest BCUT2D eigenvalue weighted by Gasteiger charge is 2.12. The molecule has 0 amide bonds. The lowest BCUT2D eigenvalue weighted by Gasteiger charge is -2.24. The summed E-state index contributed by atoms with van der Waals surface area (Å²) in [4.78, 5) is 2.04. The third-order valence-electron chi connectivity index (χ3n) is 2.41. The quantitative estimate of drug-likeness (QED) is 0.768. The first kappa shape index (κ1) is 13.3. The number of hydrogen-bond acceptors (Lipinski definition) is 2. The van der Waals surface area contributed by atoms with Gasteiger partial charge in [-0.25, -0.2) is 0 Å². The fraction of sp³-hybridized carbons (Fsp3) is 0.417. The van der Waals surface area contributed by atoms with Gasteiger partial charge in [0.05, 0.1) is 22.7 Å². The van der Waals surface area contributed by atoms with Crippen LogP contribution in [-0.4, -0.2) is 17.5 Å². The van der Waals surface area contributed by atoms with Crippen molar-refractivity contribution in [1.82, 2.24) is 4.90 Å². The van der Waals surface area contributed by atoms with E-state index in [9.17, 15) is 0 Å². The van der Waals surface area contributed by atoms with Crippen LogP contribution in [0, 0.1) is 11.3 Å². The monoisotopic (exact) mass is 256 g/mol. The summed E-state index contributed by atoms with van der Waals surface area (Å²) >= 11 is 12.0. The molecule has 0 aromatic heterocycles. The van der Waals surface area contributed by atoms with Gasteiger partial charge in [-0.1, -0.05) is 35.3 Å². The predicted octanol–water partition coefficient (Wildman–Crippen LogP) is 3.73. The first-order valence-electron chi connectivity index (χ1n) is 5.10. The normalized spacial score (nSPS) is 10.8. The maximum Gasteiger partial charge on any atom is 0.0871 e. The van der Waals surface area contributed by atoms with Crippen LogP contribution in [0.4, 0.5) is 0 Å². The van der Waals surface area contributed by atoms with E-state index in [0.717, 1.165) is 5.56 Å². The summed E-state index contributed by atoms with van der Waals surface area (Å²) in [6.45, 7) is 5.14. The van der Waals surface area contributed by atoms with Gasteiger partial charge in [0.1, 0.15) is 0 Å². The van der Waals surface area contributed by atoms with Gasteiger partial charge in [-0.3, -0.25) is 4.90 Å². The zero-order valence-corrected chi connectivity index (χ0v) is 10.9. The van der Waals surface area contributed by atoms with Crippen LogP contribution in [0.2, 0.25) is 10.0 Å². The lowest BCUT2D eigenvalue weighted by atomic mass is 10.2. The van der Waals surface area contributed by atoms with E-state index in [1.807, 2.05) is 17.0 Å². The van der Waals surface area contributed by atoms with E-state index >= 15 is 0 Å². The Morgan fingerprint density at radius 2 is 2.06 bits per heavy atom. The highest BCUT2D eigenvalue weighted by atomic mass is 35.5. The van der Waals surface area contributed by atoms with Crippen LogP contribution in [0.1, 0.15) is 19.4 Å². The van der Waals surface area contributed by atoms with Gasteiger partial charge in [-0.15, -0.1) is 0 Å². The Hall–Kier alpha value is -0.750. The number of hydrogen-bond donors (Lipinski definition) is 0. The van der Waals surface area contributed by atoms with Crippen molar-refractivity contribution in [1.29, 1.82) is 5.26 Å². The van der Waals surface area contributed by atoms with E-state index < -0.39 is 0 Å². The zero-order chi connectivity index (χ0) is 12.1. The van der Waals surface area contributed by atoms with E-state index in [-0.39, 0.29) is 0 Å². The van der Waals surface area contributed by atoms with Gasteiger partial charge in [-0.2, -0.15) is 5.26 Å². The maximum absolute atomic E-state index is 8.74. The molecule has 2 nitrogen and oxygen atoms in total. The van der Waals surface area contributed by atoms with Crippen molar-refractivity contribution in [2.24, 2.45) is 0 Å². The third-order valence-corrected chi connectivity index (χ3v) is 3.27. The summed E-state index contributed by atoms with van der Waals surface area (Å²) in [6, 6.07) is 8.02. The molecule has 0 saturated carbocycles. The fourth-order valence-corrected chi connectivity index (χ4v) is 1.78. The molecule has 0 aliphatic rings. The summed E-state index contributed by atoms with van der Waals surface area (Å²) in [5.41, 5.74) is 0.957. The van der Waals surface area contributed by atoms with Crippen LogP contribution < -0.4 is 0 Å². The average Bonchev–Trinajstić information content (AvgIpc) is 2.23. The molecule has 0 unspecified atom stereocenters.